The molecule has 0 bridgehead atoms. The Bertz CT molecular complexity index is 571. The second-order valence-electron chi connectivity index (χ2n) is 4.48. The predicted octanol–water partition coefficient (Wildman–Crippen LogP) is 1.14. The maximum Gasteiger partial charge on any atom is 0.255 e. The summed E-state index contributed by atoms with van der Waals surface area (Å²) in [5.41, 5.74) is 1.15. The van der Waals surface area contributed by atoms with Gasteiger partial charge in [0.1, 0.15) is 12.6 Å². The van der Waals surface area contributed by atoms with Gasteiger partial charge in [0, 0.05) is 10.6 Å². The van der Waals surface area contributed by atoms with Gasteiger partial charge >= 0.3 is 0 Å². The molecule has 100 valence electrons. The van der Waals surface area contributed by atoms with Crippen LogP contribution in [0.5, 0.6) is 0 Å². The van der Waals surface area contributed by atoms with Gasteiger partial charge in [0.05, 0.1) is 0 Å². The van der Waals surface area contributed by atoms with Crippen LogP contribution in [0.25, 0.3) is 0 Å². The van der Waals surface area contributed by atoms with Crippen molar-refractivity contribution in [2.45, 2.75) is 19.9 Å². The van der Waals surface area contributed by atoms with Gasteiger partial charge in [0.2, 0.25) is 11.8 Å². The maximum atomic E-state index is 12.4. The minimum Gasteiger partial charge on any atom is -0.318 e. The van der Waals surface area contributed by atoms with Crippen molar-refractivity contribution in [2.24, 2.45) is 0 Å². The van der Waals surface area contributed by atoms with E-state index in [0.717, 1.165) is 0 Å². The van der Waals surface area contributed by atoms with E-state index in [4.69, 9.17) is 11.6 Å². The highest BCUT2D eigenvalue weighted by Gasteiger charge is 2.34. The van der Waals surface area contributed by atoms with Crippen LogP contribution in [0.1, 0.15) is 22.8 Å². The number of amides is 3. The van der Waals surface area contributed by atoms with Crippen LogP contribution in [0.2, 0.25) is 5.02 Å². The van der Waals surface area contributed by atoms with Crippen LogP contribution < -0.4 is 5.32 Å². The number of piperazine rings is 1. The Labute approximate surface area is 115 Å². The molecule has 1 atom stereocenters. The van der Waals surface area contributed by atoms with Crippen molar-refractivity contribution in [2.75, 3.05) is 6.54 Å². The average molecular weight is 281 g/mol. The van der Waals surface area contributed by atoms with Crippen molar-refractivity contribution in [1.29, 1.82) is 0 Å². The maximum absolute atomic E-state index is 12.4. The standard InChI is InChI=1S/C13H13ClN2O3/c1-7-5-9(14)3-4-10(7)13(19)16-6-11(17)15-12(18)8(16)2/h3-5,8H,6H2,1-2H3,(H,15,17,18). The molecule has 1 aliphatic heterocycles. The van der Waals surface area contributed by atoms with E-state index in [9.17, 15) is 14.4 Å². The number of nitrogens with one attached hydrogen (secondary N) is 1. The summed E-state index contributed by atoms with van der Waals surface area (Å²) >= 11 is 5.84. The smallest absolute Gasteiger partial charge is 0.255 e. The Balaban J connectivity index is 2.32. The van der Waals surface area contributed by atoms with Crippen molar-refractivity contribution in [3.8, 4) is 0 Å². The first-order valence-corrected chi connectivity index (χ1v) is 6.18. The second kappa shape index (κ2) is 5.01. The Hall–Kier alpha value is -1.88. The molecule has 0 aromatic heterocycles. The molecular weight excluding hydrogens is 268 g/mol. The second-order valence-corrected chi connectivity index (χ2v) is 4.92. The first-order valence-electron chi connectivity index (χ1n) is 5.81. The van der Waals surface area contributed by atoms with Crippen LogP contribution in [0.15, 0.2) is 18.2 Å². The van der Waals surface area contributed by atoms with E-state index >= 15 is 0 Å². The van der Waals surface area contributed by atoms with Gasteiger partial charge in [-0.15, -0.1) is 0 Å². The summed E-state index contributed by atoms with van der Waals surface area (Å²) in [6.07, 6.45) is 0. The Morgan fingerprint density at radius 3 is 2.74 bits per heavy atom. The number of imide groups is 1. The summed E-state index contributed by atoms with van der Waals surface area (Å²) < 4.78 is 0. The number of rotatable bonds is 1. The van der Waals surface area contributed by atoms with E-state index in [1.165, 1.54) is 4.90 Å². The molecule has 5 nitrogen and oxygen atoms in total. The van der Waals surface area contributed by atoms with E-state index in [1.54, 1.807) is 32.0 Å². The minimum atomic E-state index is -0.666. The summed E-state index contributed by atoms with van der Waals surface area (Å²) in [5.74, 6) is -1.27. The first-order chi connectivity index (χ1) is 8.90. The van der Waals surface area contributed by atoms with Gasteiger partial charge in [-0.05, 0) is 37.6 Å². The summed E-state index contributed by atoms with van der Waals surface area (Å²) in [4.78, 5) is 36.5. The normalized spacial score (nSPS) is 19.3. The Morgan fingerprint density at radius 1 is 1.42 bits per heavy atom. The van der Waals surface area contributed by atoms with Gasteiger partial charge < -0.3 is 4.90 Å². The molecule has 1 unspecified atom stereocenters. The lowest BCUT2D eigenvalue weighted by Crippen LogP contribution is -2.58. The van der Waals surface area contributed by atoms with Crippen LogP contribution in [0.4, 0.5) is 0 Å². The van der Waals surface area contributed by atoms with Gasteiger partial charge in [0.15, 0.2) is 0 Å². The lowest BCUT2D eigenvalue weighted by molar-refractivity contribution is -0.138. The molecule has 1 aromatic rings. The van der Waals surface area contributed by atoms with Crippen LogP contribution in [0.3, 0.4) is 0 Å². The van der Waals surface area contributed by atoms with Crippen molar-refractivity contribution < 1.29 is 14.4 Å². The fourth-order valence-corrected chi connectivity index (χ4v) is 2.21. The van der Waals surface area contributed by atoms with Gasteiger partial charge in [-0.2, -0.15) is 0 Å². The number of nitrogens with zero attached hydrogens (tertiary/aromatic N) is 1. The molecule has 2 rings (SSSR count). The zero-order chi connectivity index (χ0) is 14.2. The van der Waals surface area contributed by atoms with E-state index < -0.39 is 17.9 Å². The Morgan fingerprint density at radius 2 is 2.11 bits per heavy atom. The molecule has 1 N–H and O–H groups in total. The molecule has 0 radical (unpaired) electrons. The van der Waals surface area contributed by atoms with E-state index in [2.05, 4.69) is 5.32 Å². The number of carbonyl (C=O) groups excluding carboxylic acids is 3. The predicted molar refractivity (Wildman–Crippen MR) is 69.8 cm³/mol. The van der Waals surface area contributed by atoms with Crippen molar-refractivity contribution in [3.63, 3.8) is 0 Å². The van der Waals surface area contributed by atoms with Gasteiger partial charge in [-0.25, -0.2) is 0 Å². The molecule has 6 heteroatoms. The van der Waals surface area contributed by atoms with Crippen molar-refractivity contribution in [3.05, 3.63) is 34.3 Å². The highest BCUT2D eigenvalue weighted by molar-refractivity contribution is 6.30. The lowest BCUT2D eigenvalue weighted by atomic mass is 10.1. The molecule has 19 heavy (non-hydrogen) atoms. The molecule has 1 aromatic carbocycles. The number of aryl methyl sites for hydroxylation is 1. The summed E-state index contributed by atoms with van der Waals surface area (Å²) in [6, 6.07) is 4.22. The Kier molecular flexibility index (Phi) is 3.57. The molecule has 0 aliphatic carbocycles. The van der Waals surface area contributed by atoms with Crippen LogP contribution in [-0.4, -0.2) is 35.2 Å². The third-order valence-corrected chi connectivity index (χ3v) is 3.34. The summed E-state index contributed by atoms with van der Waals surface area (Å²) in [7, 11) is 0. The summed E-state index contributed by atoms with van der Waals surface area (Å²) in [6.45, 7) is 3.23. The number of halogens is 1. The zero-order valence-electron chi connectivity index (χ0n) is 10.6. The van der Waals surface area contributed by atoms with E-state index in [-0.39, 0.29) is 12.5 Å². The average Bonchev–Trinajstić information content (AvgIpc) is 2.33. The third-order valence-electron chi connectivity index (χ3n) is 3.10. The topological polar surface area (TPSA) is 66.5 Å². The third kappa shape index (κ3) is 2.61. The number of benzene rings is 1. The van der Waals surface area contributed by atoms with Crippen LogP contribution in [-0.2, 0) is 9.59 Å². The minimum absolute atomic E-state index is 0.117. The van der Waals surface area contributed by atoms with E-state index in [0.29, 0.717) is 16.1 Å². The van der Waals surface area contributed by atoms with Crippen molar-refractivity contribution in [1.82, 2.24) is 10.2 Å². The zero-order valence-corrected chi connectivity index (χ0v) is 11.3. The lowest BCUT2D eigenvalue weighted by Gasteiger charge is -2.32. The molecule has 1 heterocycles. The number of carbonyl (C=O) groups is 3. The molecule has 1 fully saturated rings. The van der Waals surface area contributed by atoms with Gasteiger partial charge in [-0.1, -0.05) is 11.6 Å². The molecular formula is C13H13ClN2O3. The fourth-order valence-electron chi connectivity index (χ4n) is 1.98. The van der Waals surface area contributed by atoms with Gasteiger partial charge in [-0.3, -0.25) is 19.7 Å². The molecule has 1 saturated heterocycles. The SMILES string of the molecule is Cc1cc(Cl)ccc1C(=O)N1CC(=O)NC(=O)C1C. The van der Waals surface area contributed by atoms with Crippen LogP contribution in [0, 0.1) is 6.92 Å². The quantitative estimate of drug-likeness (QED) is 0.785. The first kappa shape index (κ1) is 13.5. The molecule has 0 spiro atoms. The largest absolute Gasteiger partial charge is 0.318 e. The molecule has 1 aliphatic rings. The number of hydrogen-bond acceptors (Lipinski definition) is 3. The van der Waals surface area contributed by atoms with Gasteiger partial charge in [0.25, 0.3) is 5.91 Å². The monoisotopic (exact) mass is 280 g/mol. The molecule has 3 amide bonds. The summed E-state index contributed by atoms with van der Waals surface area (Å²) in [5, 5.41) is 2.73. The molecule has 0 saturated carbocycles. The fraction of sp³-hybridized carbons (Fsp3) is 0.308. The van der Waals surface area contributed by atoms with Crippen LogP contribution >= 0.6 is 11.6 Å². The van der Waals surface area contributed by atoms with Crippen molar-refractivity contribution >= 4 is 29.3 Å². The number of hydrogen-bond donors (Lipinski definition) is 1. The highest BCUT2D eigenvalue weighted by Crippen LogP contribution is 2.18. The highest BCUT2D eigenvalue weighted by atomic mass is 35.5. The van der Waals surface area contributed by atoms with E-state index in [1.807, 2.05) is 0 Å².